The van der Waals surface area contributed by atoms with E-state index in [0.29, 0.717) is 22.6 Å². The van der Waals surface area contributed by atoms with Gasteiger partial charge >= 0.3 is 0 Å². The van der Waals surface area contributed by atoms with E-state index in [-0.39, 0.29) is 23.3 Å². The molecule has 2 aromatic carbocycles. The number of carbonyl (C=O) groups is 1. The highest BCUT2D eigenvalue weighted by atomic mass is 32.2. The number of H-pyrrole nitrogens is 1. The molecule has 5 aromatic rings. The molecule has 1 N–H and O–H groups in total. The highest BCUT2D eigenvalue weighted by Crippen LogP contribution is 2.34. The first kappa shape index (κ1) is 23.4. The van der Waals surface area contributed by atoms with E-state index in [9.17, 15) is 9.59 Å². The second kappa shape index (κ2) is 9.79. The van der Waals surface area contributed by atoms with Gasteiger partial charge in [-0.3, -0.25) is 9.59 Å². The monoisotopic (exact) mass is 526 g/mol. The molecule has 4 heterocycles. The van der Waals surface area contributed by atoms with E-state index in [4.69, 9.17) is 5.10 Å². The first-order valence-electron chi connectivity index (χ1n) is 11.7. The molecule has 6 rings (SSSR count). The topological polar surface area (TPSA) is 96.2 Å². The van der Waals surface area contributed by atoms with Crippen LogP contribution in [0.15, 0.2) is 93.4 Å². The summed E-state index contributed by atoms with van der Waals surface area (Å²) in [6.07, 6.45) is 2.16. The highest BCUT2D eigenvalue weighted by Gasteiger charge is 2.33. The SMILES string of the molecule is Cc1ccc(C2CC(c3cccs3)=NN2C(=O)CSc2nc3c(cnn3-c3ccccc3)c(=O)[nH]2)cc1. The zero-order valence-electron chi connectivity index (χ0n) is 19.9. The molecule has 0 aliphatic carbocycles. The van der Waals surface area contributed by atoms with Crippen LogP contribution in [0.2, 0.25) is 0 Å². The molecule has 0 spiro atoms. The molecule has 184 valence electrons. The van der Waals surface area contributed by atoms with Crippen LogP contribution in [-0.2, 0) is 4.79 Å². The van der Waals surface area contributed by atoms with Gasteiger partial charge in [0.25, 0.3) is 11.5 Å². The lowest BCUT2D eigenvalue weighted by atomic mass is 10.00. The second-order valence-electron chi connectivity index (χ2n) is 8.68. The molecule has 1 atom stereocenters. The van der Waals surface area contributed by atoms with Crippen molar-refractivity contribution in [2.45, 2.75) is 24.5 Å². The van der Waals surface area contributed by atoms with Crippen molar-refractivity contribution < 1.29 is 4.79 Å². The first-order chi connectivity index (χ1) is 18.1. The van der Waals surface area contributed by atoms with Crippen molar-refractivity contribution in [3.8, 4) is 5.69 Å². The summed E-state index contributed by atoms with van der Waals surface area (Å²) in [7, 11) is 0. The number of para-hydroxylation sites is 1. The molecule has 3 aromatic heterocycles. The summed E-state index contributed by atoms with van der Waals surface area (Å²) >= 11 is 2.80. The molecule has 37 heavy (non-hydrogen) atoms. The molecule has 0 bridgehead atoms. The van der Waals surface area contributed by atoms with Gasteiger partial charge in [0, 0.05) is 6.42 Å². The minimum atomic E-state index is -0.293. The standard InChI is InChI=1S/C27H22N6O2S2/c1-17-9-11-18(12-10-17)22-14-21(23-8-5-13-36-23)31-33(22)24(34)16-37-27-29-25-20(26(35)30-27)15-28-32(25)19-6-3-2-4-7-19/h2-13,15,22H,14,16H2,1H3,(H,29,30,35). The predicted molar refractivity (Wildman–Crippen MR) is 146 cm³/mol. The number of fused-ring (bicyclic) bond motifs is 1. The van der Waals surface area contributed by atoms with Crippen LogP contribution in [0.1, 0.15) is 28.5 Å². The van der Waals surface area contributed by atoms with Gasteiger partial charge in [0.2, 0.25) is 0 Å². The molecule has 10 heteroatoms. The fourth-order valence-corrected chi connectivity index (χ4v) is 5.73. The normalized spacial score (nSPS) is 15.3. The van der Waals surface area contributed by atoms with Crippen molar-refractivity contribution in [2.75, 3.05) is 5.75 Å². The van der Waals surface area contributed by atoms with Gasteiger partial charge in [0.15, 0.2) is 10.8 Å². The third-order valence-electron chi connectivity index (χ3n) is 6.18. The van der Waals surface area contributed by atoms with Crippen molar-refractivity contribution in [1.29, 1.82) is 0 Å². The molecular weight excluding hydrogens is 504 g/mol. The minimum absolute atomic E-state index is 0.0809. The summed E-state index contributed by atoms with van der Waals surface area (Å²) in [5.74, 6) is -0.0706. The average molecular weight is 527 g/mol. The Morgan fingerprint density at radius 2 is 1.92 bits per heavy atom. The Hall–Kier alpha value is -4.02. The second-order valence-corrected chi connectivity index (χ2v) is 10.6. The van der Waals surface area contributed by atoms with Gasteiger partial charge < -0.3 is 4.98 Å². The first-order valence-corrected chi connectivity index (χ1v) is 13.6. The number of hydrogen-bond acceptors (Lipinski definition) is 7. The number of nitrogens with one attached hydrogen (secondary N) is 1. The number of nitrogens with zero attached hydrogens (tertiary/aromatic N) is 5. The van der Waals surface area contributed by atoms with E-state index in [1.165, 1.54) is 18.0 Å². The maximum Gasteiger partial charge on any atom is 0.262 e. The molecule has 1 aliphatic heterocycles. The quantitative estimate of drug-likeness (QED) is 0.250. The number of aromatic nitrogens is 4. The molecule has 0 saturated heterocycles. The maximum absolute atomic E-state index is 13.4. The van der Waals surface area contributed by atoms with Gasteiger partial charge in [0.1, 0.15) is 5.39 Å². The minimum Gasteiger partial charge on any atom is -0.301 e. The fourth-order valence-electron chi connectivity index (χ4n) is 4.30. The number of aryl methyl sites for hydroxylation is 1. The van der Waals surface area contributed by atoms with Gasteiger partial charge in [-0.2, -0.15) is 10.2 Å². The van der Waals surface area contributed by atoms with Crippen molar-refractivity contribution in [1.82, 2.24) is 24.8 Å². The van der Waals surface area contributed by atoms with Crippen LogP contribution in [0.5, 0.6) is 0 Å². The van der Waals surface area contributed by atoms with Crippen LogP contribution in [0.4, 0.5) is 0 Å². The lowest BCUT2D eigenvalue weighted by Crippen LogP contribution is -2.28. The molecule has 1 unspecified atom stereocenters. The van der Waals surface area contributed by atoms with Gasteiger partial charge in [0.05, 0.1) is 34.3 Å². The third kappa shape index (κ3) is 4.61. The van der Waals surface area contributed by atoms with Crippen LogP contribution in [0, 0.1) is 6.92 Å². The Bertz CT molecular complexity index is 1660. The number of aromatic amines is 1. The Balaban J connectivity index is 1.27. The lowest BCUT2D eigenvalue weighted by Gasteiger charge is -2.22. The largest absolute Gasteiger partial charge is 0.301 e. The van der Waals surface area contributed by atoms with E-state index in [1.807, 2.05) is 54.8 Å². The summed E-state index contributed by atoms with van der Waals surface area (Å²) in [6.45, 7) is 2.04. The number of thioether (sulfide) groups is 1. The molecule has 1 amide bonds. The van der Waals surface area contributed by atoms with Crippen LogP contribution < -0.4 is 5.56 Å². The van der Waals surface area contributed by atoms with Crippen molar-refractivity contribution in [3.63, 3.8) is 0 Å². The zero-order chi connectivity index (χ0) is 25.4. The Kier molecular flexibility index (Phi) is 6.19. The average Bonchev–Trinajstić information content (AvgIpc) is 3.68. The van der Waals surface area contributed by atoms with Gasteiger partial charge in [-0.05, 0) is 36.1 Å². The molecule has 1 aliphatic rings. The van der Waals surface area contributed by atoms with Crippen LogP contribution in [0.25, 0.3) is 16.7 Å². The number of amides is 1. The maximum atomic E-state index is 13.4. The fraction of sp³-hybridized carbons (Fsp3) is 0.148. The van der Waals surface area contributed by atoms with Gasteiger partial charge in [-0.25, -0.2) is 14.7 Å². The van der Waals surface area contributed by atoms with Gasteiger partial charge in [-0.15, -0.1) is 11.3 Å². The predicted octanol–water partition coefficient (Wildman–Crippen LogP) is 4.95. The molecular formula is C27H22N6O2S2. The van der Waals surface area contributed by atoms with Crippen LogP contribution in [-0.4, -0.2) is 42.1 Å². The van der Waals surface area contributed by atoms with Crippen molar-refractivity contribution >= 4 is 45.8 Å². The number of hydrazone groups is 1. The molecule has 0 fully saturated rings. The summed E-state index contributed by atoms with van der Waals surface area (Å²) in [4.78, 5) is 34.6. The van der Waals surface area contributed by atoms with E-state index in [1.54, 1.807) is 21.0 Å². The Labute approximate surface area is 220 Å². The van der Waals surface area contributed by atoms with Crippen LogP contribution in [0.3, 0.4) is 0 Å². The lowest BCUT2D eigenvalue weighted by molar-refractivity contribution is -0.130. The number of carbonyl (C=O) groups excluding carboxylic acids is 1. The summed E-state index contributed by atoms with van der Waals surface area (Å²) in [6, 6.07) is 21.5. The third-order valence-corrected chi connectivity index (χ3v) is 7.96. The number of thiophene rings is 1. The summed E-state index contributed by atoms with van der Waals surface area (Å²) in [5.41, 5.74) is 4.06. The van der Waals surface area contributed by atoms with Crippen molar-refractivity contribution in [3.05, 3.63) is 105 Å². The number of benzene rings is 2. The summed E-state index contributed by atoms with van der Waals surface area (Å²) < 4.78 is 1.63. The Morgan fingerprint density at radius 3 is 2.68 bits per heavy atom. The number of rotatable bonds is 6. The molecule has 0 saturated carbocycles. The van der Waals surface area contributed by atoms with Crippen molar-refractivity contribution in [2.24, 2.45) is 5.10 Å². The molecule has 8 nitrogen and oxygen atoms in total. The van der Waals surface area contributed by atoms with E-state index in [2.05, 4.69) is 39.3 Å². The smallest absolute Gasteiger partial charge is 0.262 e. The van der Waals surface area contributed by atoms with Crippen LogP contribution >= 0.6 is 23.1 Å². The summed E-state index contributed by atoms with van der Waals surface area (Å²) in [5, 5.41) is 13.4. The Morgan fingerprint density at radius 1 is 1.11 bits per heavy atom. The zero-order valence-corrected chi connectivity index (χ0v) is 21.5. The highest BCUT2D eigenvalue weighted by molar-refractivity contribution is 7.99. The van der Waals surface area contributed by atoms with E-state index < -0.39 is 0 Å². The molecule has 0 radical (unpaired) electrons. The number of hydrogen-bond donors (Lipinski definition) is 1. The van der Waals surface area contributed by atoms with E-state index in [0.717, 1.165) is 27.4 Å². The van der Waals surface area contributed by atoms with Gasteiger partial charge in [-0.1, -0.05) is 65.9 Å². The van der Waals surface area contributed by atoms with E-state index >= 15 is 0 Å².